The van der Waals surface area contributed by atoms with Crippen LogP contribution in [0.2, 0.25) is 0 Å². The SMILES string of the molecule is CCCCc1ccc(NC(C)c2cc(C)cc(C)c2)cc1. The summed E-state index contributed by atoms with van der Waals surface area (Å²) in [5, 5.41) is 3.60. The van der Waals surface area contributed by atoms with E-state index in [2.05, 4.69) is 75.5 Å². The predicted molar refractivity (Wildman–Crippen MR) is 93.0 cm³/mol. The summed E-state index contributed by atoms with van der Waals surface area (Å²) in [6.07, 6.45) is 3.71. The number of unbranched alkanes of at least 4 members (excludes halogenated alkanes) is 1. The number of hydrogen-bond donors (Lipinski definition) is 1. The number of rotatable bonds is 6. The van der Waals surface area contributed by atoms with Crippen molar-refractivity contribution in [3.8, 4) is 0 Å². The van der Waals surface area contributed by atoms with E-state index in [4.69, 9.17) is 0 Å². The number of benzene rings is 2. The Morgan fingerprint density at radius 1 is 0.952 bits per heavy atom. The second-order valence-electron chi connectivity index (χ2n) is 6.09. The highest BCUT2D eigenvalue weighted by Gasteiger charge is 2.06. The van der Waals surface area contributed by atoms with Crippen LogP contribution in [0.15, 0.2) is 42.5 Å². The molecule has 1 heteroatoms. The third-order valence-electron chi connectivity index (χ3n) is 3.90. The quantitative estimate of drug-likeness (QED) is 0.703. The van der Waals surface area contributed by atoms with E-state index >= 15 is 0 Å². The zero-order valence-corrected chi connectivity index (χ0v) is 13.7. The van der Waals surface area contributed by atoms with Crippen molar-refractivity contribution in [1.29, 1.82) is 0 Å². The molecule has 0 aliphatic carbocycles. The predicted octanol–water partition coefficient (Wildman–Crippen LogP) is 5.82. The van der Waals surface area contributed by atoms with E-state index in [1.807, 2.05) is 0 Å². The minimum atomic E-state index is 0.324. The van der Waals surface area contributed by atoms with Gasteiger partial charge in [-0.15, -0.1) is 0 Å². The summed E-state index contributed by atoms with van der Waals surface area (Å²) in [6, 6.07) is 16.0. The van der Waals surface area contributed by atoms with Gasteiger partial charge in [0, 0.05) is 11.7 Å². The molecule has 1 nitrogen and oxygen atoms in total. The van der Waals surface area contributed by atoms with E-state index in [9.17, 15) is 0 Å². The van der Waals surface area contributed by atoms with Gasteiger partial charge >= 0.3 is 0 Å². The summed E-state index contributed by atoms with van der Waals surface area (Å²) < 4.78 is 0. The summed E-state index contributed by atoms with van der Waals surface area (Å²) >= 11 is 0. The Labute approximate surface area is 129 Å². The van der Waals surface area contributed by atoms with Gasteiger partial charge < -0.3 is 5.32 Å². The maximum absolute atomic E-state index is 3.60. The third-order valence-corrected chi connectivity index (χ3v) is 3.90. The van der Waals surface area contributed by atoms with Gasteiger partial charge in [-0.3, -0.25) is 0 Å². The van der Waals surface area contributed by atoms with Crippen LogP contribution in [0, 0.1) is 13.8 Å². The molecule has 0 amide bonds. The van der Waals surface area contributed by atoms with Gasteiger partial charge in [-0.05, 0) is 56.9 Å². The van der Waals surface area contributed by atoms with Crippen LogP contribution in [0.5, 0.6) is 0 Å². The Kier molecular flexibility index (Phi) is 5.44. The fraction of sp³-hybridized carbons (Fsp3) is 0.400. The molecular formula is C20H27N. The number of aryl methyl sites for hydroxylation is 3. The molecule has 0 bridgehead atoms. The molecule has 1 atom stereocenters. The van der Waals surface area contributed by atoms with Crippen molar-refractivity contribution < 1.29 is 0 Å². The summed E-state index contributed by atoms with van der Waals surface area (Å²) in [5.74, 6) is 0. The summed E-state index contributed by atoms with van der Waals surface area (Å²) in [4.78, 5) is 0. The van der Waals surface area contributed by atoms with Crippen molar-refractivity contribution in [1.82, 2.24) is 0 Å². The van der Waals surface area contributed by atoms with Crippen LogP contribution in [0.4, 0.5) is 5.69 Å². The topological polar surface area (TPSA) is 12.0 Å². The Balaban J connectivity index is 2.03. The zero-order chi connectivity index (χ0) is 15.2. The summed E-state index contributed by atoms with van der Waals surface area (Å²) in [7, 11) is 0. The van der Waals surface area contributed by atoms with Crippen molar-refractivity contribution in [2.75, 3.05) is 5.32 Å². The first-order valence-corrected chi connectivity index (χ1v) is 8.02. The van der Waals surface area contributed by atoms with Crippen molar-refractivity contribution in [2.45, 2.75) is 53.0 Å². The molecule has 112 valence electrons. The van der Waals surface area contributed by atoms with Gasteiger partial charge in [0.05, 0.1) is 0 Å². The smallest absolute Gasteiger partial charge is 0.0485 e. The van der Waals surface area contributed by atoms with Crippen LogP contribution in [-0.4, -0.2) is 0 Å². The maximum atomic E-state index is 3.60. The first-order chi connectivity index (χ1) is 10.1. The highest BCUT2D eigenvalue weighted by atomic mass is 14.9. The summed E-state index contributed by atoms with van der Waals surface area (Å²) in [5.41, 5.74) is 6.63. The molecule has 2 aromatic carbocycles. The van der Waals surface area contributed by atoms with Gasteiger partial charge in [0.2, 0.25) is 0 Å². The first kappa shape index (κ1) is 15.6. The standard InChI is InChI=1S/C20H27N/c1-5-6-7-18-8-10-20(11-9-18)21-17(4)19-13-15(2)12-16(3)14-19/h8-14,17,21H,5-7H2,1-4H3. The van der Waals surface area contributed by atoms with E-state index in [1.165, 1.54) is 47.2 Å². The molecule has 0 saturated carbocycles. The van der Waals surface area contributed by atoms with Crippen molar-refractivity contribution >= 4 is 5.69 Å². The van der Waals surface area contributed by atoms with Crippen LogP contribution in [0.1, 0.15) is 55.0 Å². The van der Waals surface area contributed by atoms with Crippen molar-refractivity contribution in [2.24, 2.45) is 0 Å². The van der Waals surface area contributed by atoms with Gasteiger partial charge in [-0.25, -0.2) is 0 Å². The molecule has 21 heavy (non-hydrogen) atoms. The first-order valence-electron chi connectivity index (χ1n) is 8.02. The molecule has 0 heterocycles. The van der Waals surface area contributed by atoms with Gasteiger partial charge in [-0.2, -0.15) is 0 Å². The molecule has 0 spiro atoms. The fourth-order valence-corrected chi connectivity index (χ4v) is 2.74. The van der Waals surface area contributed by atoms with Gasteiger partial charge in [-0.1, -0.05) is 54.8 Å². The average molecular weight is 281 g/mol. The largest absolute Gasteiger partial charge is 0.379 e. The molecule has 0 aliphatic heterocycles. The monoisotopic (exact) mass is 281 g/mol. The highest BCUT2D eigenvalue weighted by molar-refractivity contribution is 5.47. The molecular weight excluding hydrogens is 254 g/mol. The lowest BCUT2D eigenvalue weighted by atomic mass is 10.0. The minimum absolute atomic E-state index is 0.324. The van der Waals surface area contributed by atoms with Gasteiger partial charge in [0.1, 0.15) is 0 Å². The third kappa shape index (κ3) is 4.63. The van der Waals surface area contributed by atoms with E-state index in [-0.39, 0.29) is 0 Å². The van der Waals surface area contributed by atoms with Crippen molar-refractivity contribution in [3.63, 3.8) is 0 Å². The molecule has 0 aliphatic rings. The molecule has 2 aromatic rings. The lowest BCUT2D eigenvalue weighted by Gasteiger charge is -2.17. The highest BCUT2D eigenvalue weighted by Crippen LogP contribution is 2.22. The van der Waals surface area contributed by atoms with Gasteiger partial charge in [0.25, 0.3) is 0 Å². The number of anilines is 1. The van der Waals surface area contributed by atoms with Gasteiger partial charge in [0.15, 0.2) is 0 Å². The van der Waals surface area contributed by atoms with Crippen LogP contribution in [-0.2, 0) is 6.42 Å². The normalized spacial score (nSPS) is 12.2. The van der Waals surface area contributed by atoms with Crippen LogP contribution < -0.4 is 5.32 Å². The Hall–Kier alpha value is -1.76. The van der Waals surface area contributed by atoms with Crippen LogP contribution in [0.3, 0.4) is 0 Å². The number of hydrogen-bond acceptors (Lipinski definition) is 1. The van der Waals surface area contributed by atoms with Crippen LogP contribution >= 0.6 is 0 Å². The Bertz CT molecular complexity index is 549. The Morgan fingerprint density at radius 3 is 2.14 bits per heavy atom. The minimum Gasteiger partial charge on any atom is -0.379 e. The molecule has 0 saturated heterocycles. The lowest BCUT2D eigenvalue weighted by Crippen LogP contribution is -2.07. The average Bonchev–Trinajstić information content (AvgIpc) is 2.45. The molecule has 1 N–H and O–H groups in total. The zero-order valence-electron chi connectivity index (χ0n) is 13.7. The molecule has 2 rings (SSSR count). The van der Waals surface area contributed by atoms with E-state index in [0.29, 0.717) is 6.04 Å². The lowest BCUT2D eigenvalue weighted by molar-refractivity contribution is 0.795. The van der Waals surface area contributed by atoms with E-state index in [0.717, 1.165) is 0 Å². The van der Waals surface area contributed by atoms with Crippen LogP contribution in [0.25, 0.3) is 0 Å². The second kappa shape index (κ2) is 7.31. The number of nitrogens with one attached hydrogen (secondary N) is 1. The molecule has 0 fully saturated rings. The molecule has 0 radical (unpaired) electrons. The fourth-order valence-electron chi connectivity index (χ4n) is 2.74. The Morgan fingerprint density at radius 2 is 1.57 bits per heavy atom. The van der Waals surface area contributed by atoms with E-state index < -0.39 is 0 Å². The molecule has 1 unspecified atom stereocenters. The van der Waals surface area contributed by atoms with Crippen molar-refractivity contribution in [3.05, 3.63) is 64.7 Å². The summed E-state index contributed by atoms with van der Waals surface area (Å²) in [6.45, 7) is 8.78. The van der Waals surface area contributed by atoms with E-state index in [1.54, 1.807) is 0 Å². The second-order valence-corrected chi connectivity index (χ2v) is 6.09. The maximum Gasteiger partial charge on any atom is 0.0485 e. The molecule has 0 aromatic heterocycles.